The van der Waals surface area contributed by atoms with Gasteiger partial charge < -0.3 is 13.3 Å². The van der Waals surface area contributed by atoms with Gasteiger partial charge >= 0.3 is 8.80 Å². The lowest BCUT2D eigenvalue weighted by molar-refractivity contribution is 0.131. The first-order valence-corrected chi connectivity index (χ1v) is 5.99. The molecular weight excluding hydrogens is 172 g/mol. The van der Waals surface area contributed by atoms with E-state index in [2.05, 4.69) is 0 Å². The van der Waals surface area contributed by atoms with Crippen LogP contribution in [0.5, 0.6) is 0 Å². The average Bonchev–Trinajstić information content (AvgIpc) is 2.14. The first kappa shape index (κ1) is 11.7. The molecular formula is C8H18O3Si. The monoisotopic (exact) mass is 190 g/mol. The number of rotatable bonds is 5. The molecule has 0 aromatic rings. The van der Waals surface area contributed by atoms with Crippen LogP contribution in [0.3, 0.4) is 0 Å². The molecule has 0 aliphatic heterocycles. The SMILES string of the molecule is CC=C(C)O[Si](CC)(OC)OC. The molecule has 3 nitrogen and oxygen atoms in total. The smallest absolute Gasteiger partial charge is 0.505 e. The highest BCUT2D eigenvalue weighted by Crippen LogP contribution is 2.16. The number of hydrogen-bond acceptors (Lipinski definition) is 3. The molecule has 0 saturated carbocycles. The maximum Gasteiger partial charge on any atom is 0.564 e. The van der Waals surface area contributed by atoms with Gasteiger partial charge in [-0.25, -0.2) is 0 Å². The molecule has 0 atom stereocenters. The van der Waals surface area contributed by atoms with Gasteiger partial charge in [-0.05, 0) is 13.8 Å². The van der Waals surface area contributed by atoms with Crippen LogP contribution in [-0.4, -0.2) is 23.0 Å². The Morgan fingerprint density at radius 2 is 1.83 bits per heavy atom. The maximum absolute atomic E-state index is 5.59. The molecule has 0 unspecified atom stereocenters. The van der Waals surface area contributed by atoms with Crippen LogP contribution < -0.4 is 0 Å². The van der Waals surface area contributed by atoms with Gasteiger partial charge in [0.25, 0.3) is 0 Å². The Morgan fingerprint density at radius 3 is 2.08 bits per heavy atom. The molecule has 0 N–H and O–H groups in total. The molecule has 0 aromatic carbocycles. The van der Waals surface area contributed by atoms with Gasteiger partial charge in [0.2, 0.25) is 0 Å². The van der Waals surface area contributed by atoms with Crippen molar-refractivity contribution in [2.75, 3.05) is 14.2 Å². The van der Waals surface area contributed by atoms with Crippen LogP contribution in [0.25, 0.3) is 0 Å². The molecule has 4 heteroatoms. The molecule has 0 aliphatic rings. The third-order valence-electron chi connectivity index (χ3n) is 1.78. The molecule has 0 aliphatic carbocycles. The fraction of sp³-hybridized carbons (Fsp3) is 0.750. The van der Waals surface area contributed by atoms with Gasteiger partial charge in [0, 0.05) is 20.3 Å². The predicted octanol–water partition coefficient (Wildman–Crippen LogP) is 2.18. The minimum atomic E-state index is -2.37. The van der Waals surface area contributed by atoms with Gasteiger partial charge in [0.1, 0.15) is 0 Å². The molecule has 0 heterocycles. The van der Waals surface area contributed by atoms with E-state index in [1.807, 2.05) is 26.8 Å². The Balaban J connectivity index is 4.30. The highest BCUT2D eigenvalue weighted by molar-refractivity contribution is 6.60. The Bertz CT molecular complexity index is 144. The zero-order valence-electron chi connectivity index (χ0n) is 8.51. The molecule has 0 saturated heterocycles. The predicted molar refractivity (Wildman–Crippen MR) is 50.8 cm³/mol. The highest BCUT2D eigenvalue weighted by atomic mass is 28.4. The average molecular weight is 190 g/mol. The van der Waals surface area contributed by atoms with Crippen LogP contribution in [0.1, 0.15) is 20.8 Å². The van der Waals surface area contributed by atoms with Crippen molar-refractivity contribution in [1.82, 2.24) is 0 Å². The summed E-state index contributed by atoms with van der Waals surface area (Å²) in [7, 11) is 0.885. The van der Waals surface area contributed by atoms with Crippen molar-refractivity contribution in [1.29, 1.82) is 0 Å². The minimum absolute atomic E-state index is 0.783. The van der Waals surface area contributed by atoms with E-state index < -0.39 is 8.80 Å². The molecule has 0 bridgehead atoms. The summed E-state index contributed by atoms with van der Waals surface area (Å²) in [6.45, 7) is 5.83. The second-order valence-corrected chi connectivity index (χ2v) is 5.54. The third kappa shape index (κ3) is 2.96. The summed E-state index contributed by atoms with van der Waals surface area (Å²) in [5, 5.41) is 0. The number of hydrogen-bond donors (Lipinski definition) is 0. The highest BCUT2D eigenvalue weighted by Gasteiger charge is 2.38. The van der Waals surface area contributed by atoms with E-state index in [1.54, 1.807) is 14.2 Å². The van der Waals surface area contributed by atoms with Crippen LogP contribution in [0.4, 0.5) is 0 Å². The van der Waals surface area contributed by atoms with Crippen LogP contribution >= 0.6 is 0 Å². The van der Waals surface area contributed by atoms with E-state index in [0.29, 0.717) is 0 Å². The molecule has 0 radical (unpaired) electrons. The fourth-order valence-corrected chi connectivity index (χ4v) is 2.50. The van der Waals surface area contributed by atoms with Gasteiger partial charge in [-0.3, -0.25) is 0 Å². The molecule has 0 aromatic heterocycles. The van der Waals surface area contributed by atoms with Gasteiger partial charge in [0.05, 0.1) is 5.76 Å². The van der Waals surface area contributed by atoms with E-state index in [9.17, 15) is 0 Å². The van der Waals surface area contributed by atoms with E-state index in [1.165, 1.54) is 0 Å². The Hall–Kier alpha value is -0.323. The Labute approximate surface area is 75.7 Å². The molecule has 72 valence electrons. The summed E-state index contributed by atoms with van der Waals surface area (Å²) in [6.07, 6.45) is 1.90. The Kier molecular flexibility index (Phi) is 5.20. The normalized spacial score (nSPS) is 13.2. The summed E-state index contributed by atoms with van der Waals surface area (Å²) in [6, 6.07) is 0.783. The summed E-state index contributed by atoms with van der Waals surface area (Å²) in [4.78, 5) is 0. The van der Waals surface area contributed by atoms with Crippen molar-refractivity contribution >= 4 is 8.80 Å². The lowest BCUT2D eigenvalue weighted by atomic mass is 10.5. The standard InChI is InChI=1S/C8H18O3Si/c1-6-8(3)11-12(7-2,9-4)10-5/h6H,7H2,1-5H3. The Morgan fingerprint density at radius 1 is 1.33 bits per heavy atom. The van der Waals surface area contributed by atoms with Gasteiger partial charge in [-0.1, -0.05) is 13.0 Å². The topological polar surface area (TPSA) is 27.7 Å². The van der Waals surface area contributed by atoms with Gasteiger partial charge in [-0.15, -0.1) is 0 Å². The molecule has 0 amide bonds. The summed E-state index contributed by atoms with van der Waals surface area (Å²) in [5.74, 6) is 0.854. The lowest BCUT2D eigenvalue weighted by Gasteiger charge is -2.25. The zero-order valence-corrected chi connectivity index (χ0v) is 9.51. The van der Waals surface area contributed by atoms with E-state index in [4.69, 9.17) is 13.3 Å². The molecule has 0 spiro atoms. The molecule has 0 fully saturated rings. The first-order valence-electron chi connectivity index (χ1n) is 4.06. The van der Waals surface area contributed by atoms with E-state index in [-0.39, 0.29) is 0 Å². The van der Waals surface area contributed by atoms with Crippen molar-refractivity contribution < 1.29 is 13.3 Å². The van der Waals surface area contributed by atoms with Crippen molar-refractivity contribution in [3.63, 3.8) is 0 Å². The first-order chi connectivity index (χ1) is 5.64. The van der Waals surface area contributed by atoms with Crippen molar-refractivity contribution in [2.24, 2.45) is 0 Å². The van der Waals surface area contributed by atoms with Crippen molar-refractivity contribution in [2.45, 2.75) is 26.8 Å². The van der Waals surface area contributed by atoms with Crippen LogP contribution in [0.2, 0.25) is 6.04 Å². The second kappa shape index (κ2) is 5.34. The van der Waals surface area contributed by atoms with Gasteiger partial charge in [-0.2, -0.15) is 0 Å². The van der Waals surface area contributed by atoms with E-state index >= 15 is 0 Å². The second-order valence-electron chi connectivity index (χ2n) is 2.45. The largest absolute Gasteiger partial charge is 0.564 e. The summed E-state index contributed by atoms with van der Waals surface area (Å²) < 4.78 is 16.1. The minimum Gasteiger partial charge on any atom is -0.505 e. The molecule has 12 heavy (non-hydrogen) atoms. The van der Waals surface area contributed by atoms with Crippen LogP contribution in [0, 0.1) is 0 Å². The number of allylic oxidation sites excluding steroid dienone is 2. The maximum atomic E-state index is 5.59. The van der Waals surface area contributed by atoms with Crippen LogP contribution in [0.15, 0.2) is 11.8 Å². The molecule has 0 rings (SSSR count). The summed E-state index contributed by atoms with van der Waals surface area (Å²) >= 11 is 0. The van der Waals surface area contributed by atoms with Gasteiger partial charge in [0.15, 0.2) is 0 Å². The lowest BCUT2D eigenvalue weighted by Crippen LogP contribution is -2.42. The quantitative estimate of drug-likeness (QED) is 0.491. The van der Waals surface area contributed by atoms with Crippen molar-refractivity contribution in [3.05, 3.63) is 11.8 Å². The third-order valence-corrected chi connectivity index (χ3v) is 4.52. The summed E-state index contributed by atoms with van der Waals surface area (Å²) in [5.41, 5.74) is 0. The van der Waals surface area contributed by atoms with Crippen molar-refractivity contribution in [3.8, 4) is 0 Å². The van der Waals surface area contributed by atoms with Crippen LogP contribution in [-0.2, 0) is 13.3 Å². The fourth-order valence-electron chi connectivity index (χ4n) is 0.832. The zero-order chi connectivity index (χ0) is 9.61. The van der Waals surface area contributed by atoms with E-state index in [0.717, 1.165) is 11.8 Å².